The molecule has 7 heteroatoms. The third-order valence-electron chi connectivity index (χ3n) is 2.57. The van der Waals surface area contributed by atoms with Crippen LogP contribution in [0, 0.1) is 0 Å². The fourth-order valence-corrected chi connectivity index (χ4v) is 1.66. The van der Waals surface area contributed by atoms with E-state index in [0.29, 0.717) is 23.8 Å². The molecule has 2 rings (SSSR count). The second-order valence-corrected chi connectivity index (χ2v) is 4.15. The maximum Gasteiger partial charge on any atom is 0.416 e. The number of nitrogens with one attached hydrogen (secondary N) is 1. The Morgan fingerprint density at radius 2 is 1.95 bits per heavy atom. The standard InChI is InChI=1S/C13H13F3N4/c1-2-11-19-10(17)7-12(20-11)18-9-5-3-4-8(6-9)13(14,15)16/h3-7H,2H2,1H3,(H3,17,18,19,20). The molecule has 0 spiro atoms. The number of alkyl halides is 3. The number of nitrogen functional groups attached to an aromatic ring is 1. The molecule has 0 radical (unpaired) electrons. The Morgan fingerprint density at radius 1 is 1.20 bits per heavy atom. The van der Waals surface area contributed by atoms with Crippen LogP contribution in [0.25, 0.3) is 0 Å². The van der Waals surface area contributed by atoms with Gasteiger partial charge in [-0.25, -0.2) is 9.97 Å². The van der Waals surface area contributed by atoms with Gasteiger partial charge < -0.3 is 11.1 Å². The molecule has 0 saturated heterocycles. The molecule has 4 nitrogen and oxygen atoms in total. The molecule has 0 amide bonds. The van der Waals surface area contributed by atoms with Crippen LogP contribution in [0.15, 0.2) is 30.3 Å². The average Bonchev–Trinajstić information content (AvgIpc) is 2.37. The van der Waals surface area contributed by atoms with E-state index in [-0.39, 0.29) is 5.82 Å². The number of nitrogens with two attached hydrogens (primary N) is 1. The van der Waals surface area contributed by atoms with E-state index in [0.717, 1.165) is 12.1 Å². The number of hydrogen-bond donors (Lipinski definition) is 2. The molecule has 0 saturated carbocycles. The van der Waals surface area contributed by atoms with Gasteiger partial charge in [0.25, 0.3) is 0 Å². The number of anilines is 3. The molecule has 1 aromatic carbocycles. The van der Waals surface area contributed by atoms with Gasteiger partial charge in [-0.15, -0.1) is 0 Å². The average molecular weight is 282 g/mol. The van der Waals surface area contributed by atoms with Gasteiger partial charge in [0.1, 0.15) is 17.5 Å². The number of benzene rings is 1. The minimum atomic E-state index is -4.38. The quantitative estimate of drug-likeness (QED) is 0.905. The molecule has 0 atom stereocenters. The van der Waals surface area contributed by atoms with Crippen molar-refractivity contribution in [3.63, 3.8) is 0 Å². The smallest absolute Gasteiger partial charge is 0.384 e. The monoisotopic (exact) mass is 282 g/mol. The van der Waals surface area contributed by atoms with Crippen molar-refractivity contribution in [1.82, 2.24) is 9.97 Å². The van der Waals surface area contributed by atoms with Crippen LogP contribution in [0.2, 0.25) is 0 Å². The minimum Gasteiger partial charge on any atom is -0.384 e. The fraction of sp³-hybridized carbons (Fsp3) is 0.231. The lowest BCUT2D eigenvalue weighted by Crippen LogP contribution is -2.06. The van der Waals surface area contributed by atoms with E-state index in [4.69, 9.17) is 5.73 Å². The van der Waals surface area contributed by atoms with E-state index in [9.17, 15) is 13.2 Å². The number of rotatable bonds is 3. The van der Waals surface area contributed by atoms with Gasteiger partial charge in [0.2, 0.25) is 0 Å². The van der Waals surface area contributed by atoms with E-state index in [1.54, 1.807) is 0 Å². The van der Waals surface area contributed by atoms with Gasteiger partial charge in [-0.3, -0.25) is 0 Å². The molecule has 106 valence electrons. The lowest BCUT2D eigenvalue weighted by Gasteiger charge is -2.11. The summed E-state index contributed by atoms with van der Waals surface area (Å²) in [6, 6.07) is 6.36. The molecular weight excluding hydrogens is 269 g/mol. The zero-order valence-electron chi connectivity index (χ0n) is 10.7. The van der Waals surface area contributed by atoms with Gasteiger partial charge in [-0.05, 0) is 18.2 Å². The molecule has 0 aliphatic heterocycles. The highest BCUT2D eigenvalue weighted by Crippen LogP contribution is 2.31. The molecule has 2 aromatic rings. The van der Waals surface area contributed by atoms with Gasteiger partial charge in [0, 0.05) is 18.2 Å². The number of halogens is 3. The van der Waals surface area contributed by atoms with Crippen molar-refractivity contribution in [2.75, 3.05) is 11.1 Å². The van der Waals surface area contributed by atoms with Gasteiger partial charge in [-0.2, -0.15) is 13.2 Å². The first-order valence-corrected chi connectivity index (χ1v) is 5.96. The number of nitrogens with zero attached hydrogens (tertiary/aromatic N) is 2. The highest BCUT2D eigenvalue weighted by molar-refractivity contribution is 5.59. The van der Waals surface area contributed by atoms with Crippen molar-refractivity contribution in [2.45, 2.75) is 19.5 Å². The Balaban J connectivity index is 2.28. The first kappa shape index (κ1) is 14.1. The number of aryl methyl sites for hydroxylation is 1. The highest BCUT2D eigenvalue weighted by atomic mass is 19.4. The van der Waals surface area contributed by atoms with Crippen molar-refractivity contribution in [2.24, 2.45) is 0 Å². The van der Waals surface area contributed by atoms with Gasteiger partial charge >= 0.3 is 6.18 Å². The summed E-state index contributed by atoms with van der Waals surface area (Å²) in [5.41, 5.74) is 5.19. The first-order chi connectivity index (χ1) is 9.38. The van der Waals surface area contributed by atoms with Crippen LogP contribution in [-0.4, -0.2) is 9.97 Å². The molecule has 20 heavy (non-hydrogen) atoms. The predicted molar refractivity (Wildman–Crippen MR) is 70.5 cm³/mol. The number of hydrogen-bond acceptors (Lipinski definition) is 4. The Labute approximate surface area is 113 Å². The Morgan fingerprint density at radius 3 is 2.60 bits per heavy atom. The van der Waals surface area contributed by atoms with Crippen LogP contribution < -0.4 is 11.1 Å². The Hall–Kier alpha value is -2.31. The van der Waals surface area contributed by atoms with E-state index in [1.807, 2.05) is 6.92 Å². The van der Waals surface area contributed by atoms with Crippen molar-refractivity contribution < 1.29 is 13.2 Å². The third kappa shape index (κ3) is 3.37. The largest absolute Gasteiger partial charge is 0.416 e. The summed E-state index contributed by atoms with van der Waals surface area (Å²) >= 11 is 0. The second-order valence-electron chi connectivity index (χ2n) is 4.15. The summed E-state index contributed by atoms with van der Waals surface area (Å²) in [6.45, 7) is 1.86. The normalized spacial score (nSPS) is 11.4. The Bertz CT molecular complexity index is 611. The molecule has 1 aromatic heterocycles. The first-order valence-electron chi connectivity index (χ1n) is 5.96. The summed E-state index contributed by atoms with van der Waals surface area (Å²) < 4.78 is 37.8. The molecular formula is C13H13F3N4. The lowest BCUT2D eigenvalue weighted by atomic mass is 10.2. The van der Waals surface area contributed by atoms with Crippen molar-refractivity contribution in [3.8, 4) is 0 Å². The lowest BCUT2D eigenvalue weighted by molar-refractivity contribution is -0.137. The zero-order chi connectivity index (χ0) is 14.8. The summed E-state index contributed by atoms with van der Waals surface area (Å²) in [5.74, 6) is 1.17. The highest BCUT2D eigenvalue weighted by Gasteiger charge is 2.30. The molecule has 0 fully saturated rings. The summed E-state index contributed by atoms with van der Waals surface area (Å²) in [4.78, 5) is 8.15. The summed E-state index contributed by atoms with van der Waals surface area (Å²) in [5, 5.41) is 2.80. The number of aromatic nitrogens is 2. The van der Waals surface area contributed by atoms with Crippen molar-refractivity contribution >= 4 is 17.3 Å². The van der Waals surface area contributed by atoms with Crippen LogP contribution >= 0.6 is 0 Å². The predicted octanol–water partition coefficient (Wildman–Crippen LogP) is 3.38. The fourth-order valence-electron chi connectivity index (χ4n) is 1.66. The minimum absolute atomic E-state index is 0.270. The van der Waals surface area contributed by atoms with Crippen LogP contribution in [0.3, 0.4) is 0 Å². The maximum absolute atomic E-state index is 12.6. The van der Waals surface area contributed by atoms with E-state index >= 15 is 0 Å². The second kappa shape index (κ2) is 5.36. The molecule has 3 N–H and O–H groups in total. The van der Waals surface area contributed by atoms with Crippen LogP contribution in [0.4, 0.5) is 30.5 Å². The molecule has 0 aliphatic rings. The van der Waals surface area contributed by atoms with Crippen molar-refractivity contribution in [3.05, 3.63) is 41.7 Å². The molecule has 1 heterocycles. The summed E-state index contributed by atoms with van der Waals surface area (Å²) in [6.07, 6.45) is -3.79. The zero-order valence-corrected chi connectivity index (χ0v) is 10.7. The van der Waals surface area contributed by atoms with E-state index < -0.39 is 11.7 Å². The third-order valence-corrected chi connectivity index (χ3v) is 2.57. The molecule has 0 aliphatic carbocycles. The van der Waals surface area contributed by atoms with E-state index in [2.05, 4.69) is 15.3 Å². The van der Waals surface area contributed by atoms with Crippen LogP contribution in [-0.2, 0) is 12.6 Å². The van der Waals surface area contributed by atoms with Crippen LogP contribution in [0.1, 0.15) is 18.3 Å². The van der Waals surface area contributed by atoms with E-state index in [1.165, 1.54) is 18.2 Å². The van der Waals surface area contributed by atoms with Gasteiger partial charge in [-0.1, -0.05) is 13.0 Å². The molecule has 0 unspecified atom stereocenters. The maximum atomic E-state index is 12.6. The Kier molecular flexibility index (Phi) is 3.78. The van der Waals surface area contributed by atoms with Crippen LogP contribution in [0.5, 0.6) is 0 Å². The molecule has 0 bridgehead atoms. The topological polar surface area (TPSA) is 63.8 Å². The SMILES string of the molecule is CCc1nc(N)cc(Nc2cccc(C(F)(F)F)c2)n1. The summed E-state index contributed by atoms with van der Waals surface area (Å²) in [7, 11) is 0. The van der Waals surface area contributed by atoms with Gasteiger partial charge in [0.05, 0.1) is 5.56 Å². The van der Waals surface area contributed by atoms with Crippen molar-refractivity contribution in [1.29, 1.82) is 0 Å². The van der Waals surface area contributed by atoms with Gasteiger partial charge in [0.15, 0.2) is 0 Å².